The average molecular weight is 401 g/mol. The van der Waals surface area contributed by atoms with Crippen LogP contribution in [-0.4, -0.2) is 24.6 Å². The second kappa shape index (κ2) is 6.57. The number of thiophene rings is 1. The first-order valence-electron chi connectivity index (χ1n) is 7.92. The summed E-state index contributed by atoms with van der Waals surface area (Å²) in [5.41, 5.74) is 4.64. The van der Waals surface area contributed by atoms with Gasteiger partial charge in [0.15, 0.2) is 0 Å². The van der Waals surface area contributed by atoms with Gasteiger partial charge in [-0.25, -0.2) is 13.4 Å². The molecule has 1 N–H and O–H groups in total. The van der Waals surface area contributed by atoms with Crippen molar-refractivity contribution in [1.29, 1.82) is 0 Å². The summed E-state index contributed by atoms with van der Waals surface area (Å²) >= 11 is 2.90. The molecule has 0 saturated heterocycles. The van der Waals surface area contributed by atoms with Crippen LogP contribution in [0.15, 0.2) is 68.2 Å². The minimum absolute atomic E-state index is 0.302. The molecule has 4 nitrogen and oxygen atoms in total. The maximum atomic E-state index is 13.1. The fourth-order valence-corrected chi connectivity index (χ4v) is 6.78. The lowest BCUT2D eigenvalue weighted by atomic mass is 9.99. The molecule has 2 aromatic carbocycles. The van der Waals surface area contributed by atoms with Gasteiger partial charge in [-0.15, -0.1) is 23.1 Å². The van der Waals surface area contributed by atoms with Gasteiger partial charge in [-0.2, -0.15) is 0 Å². The fourth-order valence-electron chi connectivity index (χ4n) is 3.05. The summed E-state index contributed by atoms with van der Waals surface area (Å²) in [5, 5.41) is 1.82. The number of aromatic nitrogens is 2. The molecular weight excluding hydrogens is 384 g/mol. The number of thioether (sulfide) groups is 1. The molecule has 4 aromatic rings. The Hall–Kier alpha value is -2.09. The lowest BCUT2D eigenvalue weighted by Crippen LogP contribution is -2.02. The van der Waals surface area contributed by atoms with Crippen LogP contribution in [0.5, 0.6) is 0 Å². The number of nitrogens with zero attached hydrogens (tertiary/aromatic N) is 1. The van der Waals surface area contributed by atoms with Crippen molar-refractivity contribution in [3.63, 3.8) is 0 Å². The van der Waals surface area contributed by atoms with E-state index in [0.29, 0.717) is 9.79 Å². The number of imidazole rings is 1. The maximum absolute atomic E-state index is 13.1. The number of nitrogens with one attached hydrogen (secondary N) is 1. The van der Waals surface area contributed by atoms with Gasteiger partial charge < -0.3 is 4.98 Å². The lowest BCUT2D eigenvalue weighted by Gasteiger charge is -2.10. The average Bonchev–Trinajstić information content (AvgIpc) is 3.30. The van der Waals surface area contributed by atoms with Crippen LogP contribution in [0.1, 0.15) is 5.56 Å². The number of sulfone groups is 1. The molecular formula is C19H16N2O2S3. The number of aryl methyl sites for hydroxylation is 1. The van der Waals surface area contributed by atoms with Crippen molar-refractivity contribution < 1.29 is 8.42 Å². The molecule has 2 heterocycles. The highest BCUT2D eigenvalue weighted by Crippen LogP contribution is 2.36. The standard InChI is InChI=1S/C19H16N2O2S3/c1-12-6-7-15-18(21-11-20-15)17(12)13-4-3-5-14(10-13)26(22,23)16-8-9-25-19(16)24-2/h3-11H,1-2H3,(H,20,21). The van der Waals surface area contributed by atoms with Crippen LogP contribution >= 0.6 is 23.1 Å². The largest absolute Gasteiger partial charge is 0.345 e. The Morgan fingerprint density at radius 1 is 1.15 bits per heavy atom. The van der Waals surface area contributed by atoms with Crippen LogP contribution in [0.25, 0.3) is 22.2 Å². The van der Waals surface area contributed by atoms with Crippen LogP contribution < -0.4 is 0 Å². The topological polar surface area (TPSA) is 62.8 Å². The summed E-state index contributed by atoms with van der Waals surface area (Å²) in [5.74, 6) is 0. The molecule has 2 aromatic heterocycles. The molecule has 0 saturated carbocycles. The molecule has 0 aliphatic heterocycles. The minimum Gasteiger partial charge on any atom is -0.345 e. The third-order valence-corrected chi connectivity index (χ3v) is 8.44. The van der Waals surface area contributed by atoms with E-state index in [2.05, 4.69) is 9.97 Å². The van der Waals surface area contributed by atoms with Crippen molar-refractivity contribution in [2.45, 2.75) is 20.9 Å². The van der Waals surface area contributed by atoms with Crippen LogP contribution in [0.4, 0.5) is 0 Å². The highest BCUT2D eigenvalue weighted by atomic mass is 32.2. The summed E-state index contributed by atoms with van der Waals surface area (Å²) in [4.78, 5) is 8.21. The number of aromatic amines is 1. The fraction of sp³-hybridized carbons (Fsp3) is 0.105. The molecule has 26 heavy (non-hydrogen) atoms. The highest BCUT2D eigenvalue weighted by Gasteiger charge is 2.23. The van der Waals surface area contributed by atoms with E-state index in [4.69, 9.17) is 0 Å². The quantitative estimate of drug-likeness (QED) is 0.481. The van der Waals surface area contributed by atoms with Crippen molar-refractivity contribution in [3.8, 4) is 11.1 Å². The van der Waals surface area contributed by atoms with Crippen LogP contribution in [0.2, 0.25) is 0 Å². The van der Waals surface area contributed by atoms with Crippen molar-refractivity contribution >= 4 is 44.0 Å². The summed E-state index contributed by atoms with van der Waals surface area (Å²) in [6.07, 6.45) is 3.55. The van der Waals surface area contributed by atoms with Crippen molar-refractivity contribution in [2.75, 3.05) is 6.26 Å². The molecule has 4 rings (SSSR count). The van der Waals surface area contributed by atoms with Gasteiger partial charge in [0, 0.05) is 5.56 Å². The molecule has 0 unspecified atom stereocenters. The first-order chi connectivity index (χ1) is 12.5. The summed E-state index contributed by atoms with van der Waals surface area (Å²) < 4.78 is 27.1. The second-order valence-corrected chi connectivity index (χ2v) is 9.77. The molecule has 0 spiro atoms. The number of fused-ring (bicyclic) bond motifs is 1. The van der Waals surface area contributed by atoms with Crippen LogP contribution in [-0.2, 0) is 9.84 Å². The molecule has 0 aliphatic carbocycles. The van der Waals surface area contributed by atoms with Gasteiger partial charge in [0.1, 0.15) is 0 Å². The van der Waals surface area contributed by atoms with E-state index in [-0.39, 0.29) is 0 Å². The van der Waals surface area contributed by atoms with Crippen molar-refractivity contribution in [2.24, 2.45) is 0 Å². The Morgan fingerprint density at radius 2 is 2.00 bits per heavy atom. The third-order valence-electron chi connectivity index (χ3n) is 4.30. The zero-order valence-corrected chi connectivity index (χ0v) is 16.6. The minimum atomic E-state index is -3.56. The maximum Gasteiger partial charge on any atom is 0.208 e. The van der Waals surface area contributed by atoms with E-state index in [1.165, 1.54) is 23.1 Å². The zero-order valence-electron chi connectivity index (χ0n) is 14.2. The second-order valence-electron chi connectivity index (χ2n) is 5.86. The van der Waals surface area contributed by atoms with Gasteiger partial charge >= 0.3 is 0 Å². The van der Waals surface area contributed by atoms with Gasteiger partial charge in [-0.3, -0.25) is 0 Å². The summed E-state index contributed by atoms with van der Waals surface area (Å²) in [7, 11) is -3.56. The summed E-state index contributed by atoms with van der Waals surface area (Å²) in [6.45, 7) is 2.01. The van der Waals surface area contributed by atoms with E-state index in [1.54, 1.807) is 30.6 Å². The third kappa shape index (κ3) is 2.76. The smallest absolute Gasteiger partial charge is 0.208 e. The van der Waals surface area contributed by atoms with Crippen LogP contribution in [0.3, 0.4) is 0 Å². The first kappa shape index (κ1) is 17.3. The molecule has 0 fully saturated rings. The van der Waals surface area contributed by atoms with Crippen LogP contribution in [0, 0.1) is 6.92 Å². The highest BCUT2D eigenvalue weighted by molar-refractivity contribution is 8.01. The Morgan fingerprint density at radius 3 is 2.81 bits per heavy atom. The Balaban J connectivity index is 1.90. The van der Waals surface area contributed by atoms with E-state index in [1.807, 2.05) is 36.8 Å². The monoisotopic (exact) mass is 400 g/mol. The van der Waals surface area contributed by atoms with Gasteiger partial charge in [0.2, 0.25) is 9.84 Å². The lowest BCUT2D eigenvalue weighted by molar-refractivity contribution is 0.595. The number of rotatable bonds is 4. The molecule has 0 amide bonds. The number of hydrogen-bond acceptors (Lipinski definition) is 5. The van der Waals surface area contributed by atoms with E-state index < -0.39 is 9.84 Å². The first-order valence-corrected chi connectivity index (χ1v) is 11.5. The van der Waals surface area contributed by atoms with Crippen molar-refractivity contribution in [3.05, 3.63) is 59.7 Å². The number of H-pyrrole nitrogens is 1. The Kier molecular flexibility index (Phi) is 4.38. The SMILES string of the molecule is CSc1sccc1S(=O)(=O)c1cccc(-c2c(C)ccc3[nH]cnc23)c1. The summed E-state index contributed by atoms with van der Waals surface area (Å²) in [6, 6.07) is 12.8. The number of benzene rings is 2. The van der Waals surface area contributed by atoms with E-state index >= 15 is 0 Å². The number of hydrogen-bond donors (Lipinski definition) is 1. The molecule has 0 radical (unpaired) electrons. The normalized spacial score (nSPS) is 11.9. The van der Waals surface area contributed by atoms with Gasteiger partial charge in [0.25, 0.3) is 0 Å². The van der Waals surface area contributed by atoms with Crippen molar-refractivity contribution in [1.82, 2.24) is 9.97 Å². The Labute approximate surface area is 160 Å². The predicted octanol–water partition coefficient (Wildman–Crippen LogP) is 5.15. The van der Waals surface area contributed by atoms with Gasteiger partial charge in [-0.1, -0.05) is 18.2 Å². The van der Waals surface area contributed by atoms with Gasteiger partial charge in [-0.05, 0) is 54.0 Å². The molecule has 0 bridgehead atoms. The molecule has 7 heteroatoms. The Bertz CT molecular complexity index is 1210. The van der Waals surface area contributed by atoms with E-state index in [0.717, 1.165) is 31.9 Å². The molecule has 0 aliphatic rings. The molecule has 132 valence electrons. The van der Waals surface area contributed by atoms with Gasteiger partial charge in [0.05, 0.1) is 31.4 Å². The van der Waals surface area contributed by atoms with E-state index in [9.17, 15) is 8.42 Å². The zero-order chi connectivity index (χ0) is 18.3. The predicted molar refractivity (Wildman–Crippen MR) is 108 cm³/mol. The molecule has 0 atom stereocenters.